The van der Waals surface area contributed by atoms with Crippen molar-refractivity contribution in [1.29, 1.82) is 0 Å². The van der Waals surface area contributed by atoms with Crippen molar-refractivity contribution in [2.24, 2.45) is 0 Å². The maximum atomic E-state index is 2.57. The van der Waals surface area contributed by atoms with E-state index in [0.29, 0.717) is 0 Å². The molecule has 0 aliphatic heterocycles. The third-order valence-electron chi connectivity index (χ3n) is 19.2. The number of hydrogen-bond donors (Lipinski definition) is 0. The van der Waals surface area contributed by atoms with Crippen LogP contribution in [0.1, 0.15) is 158 Å². The van der Waals surface area contributed by atoms with E-state index in [-0.39, 0.29) is 32.5 Å². The second kappa shape index (κ2) is 21.5. The Balaban J connectivity index is 1.08. The highest BCUT2D eigenvalue weighted by atomic mass is 15.1. The number of anilines is 3. The first-order valence-electron chi connectivity index (χ1n) is 32.7. The van der Waals surface area contributed by atoms with Crippen LogP contribution in [-0.2, 0) is 32.5 Å². The molecule has 90 heavy (non-hydrogen) atoms. The van der Waals surface area contributed by atoms with Crippen molar-refractivity contribution in [1.82, 2.24) is 4.57 Å². The summed E-state index contributed by atoms with van der Waals surface area (Å²) in [7, 11) is 0. The minimum Gasteiger partial charge on any atom is -0.310 e. The van der Waals surface area contributed by atoms with E-state index < -0.39 is 0 Å². The average Bonchev–Trinajstić information content (AvgIpc) is 1.26. The smallest absolute Gasteiger partial charge is 0.0541 e. The lowest BCUT2D eigenvalue weighted by Gasteiger charge is -2.32. The van der Waals surface area contributed by atoms with Crippen LogP contribution in [0.15, 0.2) is 218 Å². The summed E-state index contributed by atoms with van der Waals surface area (Å²) in [5.74, 6) is 0. The molecule has 0 amide bonds. The van der Waals surface area contributed by atoms with Crippen LogP contribution in [0, 0.1) is 0 Å². The van der Waals surface area contributed by atoms with E-state index >= 15 is 0 Å². The zero-order valence-electron chi connectivity index (χ0n) is 56.7. The highest BCUT2D eigenvalue weighted by molar-refractivity contribution is 6.27. The van der Waals surface area contributed by atoms with Crippen LogP contribution in [0.2, 0.25) is 0 Å². The fourth-order valence-electron chi connectivity index (χ4n) is 13.7. The van der Waals surface area contributed by atoms with Crippen LogP contribution in [0.25, 0.3) is 104 Å². The van der Waals surface area contributed by atoms with Gasteiger partial charge in [-0.05, 0) is 193 Å². The minimum atomic E-state index is -0.148. The zero-order valence-corrected chi connectivity index (χ0v) is 56.7. The van der Waals surface area contributed by atoms with Gasteiger partial charge in [-0.1, -0.05) is 282 Å². The van der Waals surface area contributed by atoms with E-state index in [1.54, 1.807) is 0 Å². The monoisotopic (exact) mass is 1170 g/mol. The van der Waals surface area contributed by atoms with Crippen LogP contribution >= 0.6 is 0 Å². The van der Waals surface area contributed by atoms with Crippen LogP contribution in [0.4, 0.5) is 17.1 Å². The van der Waals surface area contributed by atoms with E-state index in [2.05, 4.69) is 352 Å². The molecule has 0 N–H and O–H groups in total. The van der Waals surface area contributed by atoms with Gasteiger partial charge in [-0.15, -0.1) is 0 Å². The molecular weight excluding hydrogens is 1080 g/mol. The molecule has 0 aliphatic carbocycles. The third kappa shape index (κ3) is 11.0. The number of benzene rings is 12. The van der Waals surface area contributed by atoms with Crippen molar-refractivity contribution in [3.8, 4) is 50.2 Å². The Hall–Kier alpha value is -8.72. The summed E-state index contributed by atoms with van der Waals surface area (Å²) in [4.78, 5) is 2.56. The number of aromatic nitrogens is 1. The summed E-state index contributed by atoms with van der Waals surface area (Å²) < 4.78 is 2.57. The van der Waals surface area contributed by atoms with E-state index in [9.17, 15) is 0 Å². The maximum Gasteiger partial charge on any atom is 0.0541 e. The molecule has 0 bridgehead atoms. The van der Waals surface area contributed by atoms with Gasteiger partial charge in [0.1, 0.15) is 0 Å². The summed E-state index contributed by atoms with van der Waals surface area (Å²) in [5, 5.41) is 9.93. The summed E-state index contributed by atoms with van der Waals surface area (Å²) >= 11 is 0. The number of rotatable bonds is 8. The Labute approximate surface area is 536 Å². The number of hydrogen-bond acceptors (Lipinski definition) is 1. The van der Waals surface area contributed by atoms with Crippen molar-refractivity contribution in [2.45, 2.75) is 157 Å². The number of nitrogens with zero attached hydrogens (tertiary/aromatic N) is 2. The minimum absolute atomic E-state index is 0.0141. The number of fused-ring (bicyclic) bond motifs is 3. The van der Waals surface area contributed by atoms with Crippen molar-refractivity contribution >= 4 is 71.2 Å². The van der Waals surface area contributed by atoms with E-state index in [0.717, 1.165) is 17.1 Å². The molecule has 1 aromatic heterocycles. The van der Waals surface area contributed by atoms with Crippen LogP contribution in [0.3, 0.4) is 0 Å². The van der Waals surface area contributed by atoms with Gasteiger partial charge in [0.15, 0.2) is 0 Å². The predicted octanol–water partition coefficient (Wildman–Crippen LogP) is 25.6. The van der Waals surface area contributed by atoms with Gasteiger partial charge in [-0.2, -0.15) is 0 Å². The summed E-state index contributed by atoms with van der Waals surface area (Å²) in [5.41, 5.74) is 24.5. The van der Waals surface area contributed by atoms with Crippen molar-refractivity contribution in [3.05, 3.63) is 252 Å². The van der Waals surface area contributed by atoms with Crippen LogP contribution < -0.4 is 4.90 Å². The Morgan fingerprint density at radius 2 is 0.689 bits per heavy atom. The average molecular weight is 1180 g/mol. The molecule has 0 saturated heterocycles. The molecule has 12 aromatic carbocycles. The van der Waals surface area contributed by atoms with E-state index in [4.69, 9.17) is 0 Å². The first-order chi connectivity index (χ1) is 42.4. The van der Waals surface area contributed by atoms with Gasteiger partial charge in [-0.25, -0.2) is 0 Å². The summed E-state index contributed by atoms with van der Waals surface area (Å²) in [6, 6.07) is 84.5. The highest BCUT2D eigenvalue weighted by Crippen LogP contribution is 2.50. The molecule has 0 saturated carbocycles. The highest BCUT2D eigenvalue weighted by Gasteiger charge is 2.29. The molecular formula is C88H90N2. The van der Waals surface area contributed by atoms with E-state index in [1.807, 2.05) is 0 Å². The molecule has 2 nitrogen and oxygen atoms in total. The molecule has 0 unspecified atom stereocenters. The molecule has 1 heterocycles. The molecule has 0 fully saturated rings. The first-order valence-corrected chi connectivity index (χ1v) is 32.7. The molecule has 452 valence electrons. The standard InChI is InChI=1S/C88H90N2/c1-83(2,3)64-43-61(44-65(51-64)84(4,5)6)59-33-41-79-74(49-59)75-50-60(62-45-66(85(7,8)9)52-67(46-62)86(10,11)12)34-42-80(75)90(79)78-40-32-58-29-36-72-77(39-31-57-30-37-73(78)82(58)81(57)72)89(69-35-38-71(56-27-23-20-24-28-56)76(54-69)88(16,17)18)70-48-63(55-25-21-19-22-26-55)47-68(53-70)87(13,14)15/h19-54H,1-18H3. The van der Waals surface area contributed by atoms with Gasteiger partial charge >= 0.3 is 0 Å². The third-order valence-corrected chi connectivity index (χ3v) is 19.2. The van der Waals surface area contributed by atoms with Gasteiger partial charge in [0, 0.05) is 32.9 Å². The lowest BCUT2D eigenvalue weighted by Crippen LogP contribution is -2.17. The van der Waals surface area contributed by atoms with Crippen molar-refractivity contribution in [2.75, 3.05) is 4.90 Å². The molecule has 0 aliphatic rings. The quantitative estimate of drug-likeness (QED) is 0.138. The predicted molar refractivity (Wildman–Crippen MR) is 393 cm³/mol. The molecule has 0 spiro atoms. The molecule has 0 radical (unpaired) electrons. The van der Waals surface area contributed by atoms with Crippen LogP contribution in [0.5, 0.6) is 0 Å². The SMILES string of the molecule is CC(C)(C)c1cc(-c2ccccc2)cc(N(c2ccc(-c3ccccc3)c(C(C)(C)C)c2)c2ccc3ccc4c(-n5c6ccc(-c7cc(C(C)(C)C)cc(C(C)(C)C)c7)cc6c6cc(-c7cc(C(C)(C)C)cc(C(C)(C)C)c7)ccc65)ccc5ccc2c3c54)c1. The lowest BCUT2D eigenvalue weighted by atomic mass is 9.78. The fourth-order valence-corrected chi connectivity index (χ4v) is 13.7. The van der Waals surface area contributed by atoms with E-state index in [1.165, 1.54) is 138 Å². The Morgan fingerprint density at radius 1 is 0.267 bits per heavy atom. The normalized spacial score (nSPS) is 13.0. The zero-order chi connectivity index (χ0) is 63.8. The molecule has 13 rings (SSSR count). The maximum absolute atomic E-state index is 2.57. The molecule has 13 aromatic rings. The largest absolute Gasteiger partial charge is 0.310 e. The summed E-state index contributed by atoms with van der Waals surface area (Å²) in [6.45, 7) is 42.1. The fraction of sp³-hybridized carbons (Fsp3) is 0.273. The van der Waals surface area contributed by atoms with Gasteiger partial charge in [0.25, 0.3) is 0 Å². The lowest BCUT2D eigenvalue weighted by molar-refractivity contribution is 0.568. The molecule has 2 heteroatoms. The second-order valence-corrected chi connectivity index (χ2v) is 32.1. The van der Waals surface area contributed by atoms with Gasteiger partial charge in [-0.3, -0.25) is 0 Å². The molecule has 0 atom stereocenters. The second-order valence-electron chi connectivity index (χ2n) is 32.1. The topological polar surface area (TPSA) is 8.17 Å². The van der Waals surface area contributed by atoms with Gasteiger partial charge in [0.2, 0.25) is 0 Å². The van der Waals surface area contributed by atoms with Gasteiger partial charge in [0.05, 0.1) is 22.4 Å². The van der Waals surface area contributed by atoms with Crippen molar-refractivity contribution in [3.63, 3.8) is 0 Å². The Bertz CT molecular complexity index is 4710. The Morgan fingerprint density at radius 3 is 1.17 bits per heavy atom. The van der Waals surface area contributed by atoms with Crippen LogP contribution in [-0.4, -0.2) is 4.57 Å². The first kappa shape index (κ1) is 60.2. The van der Waals surface area contributed by atoms with Gasteiger partial charge < -0.3 is 9.47 Å². The Kier molecular flexibility index (Phi) is 14.4. The summed E-state index contributed by atoms with van der Waals surface area (Å²) in [6.07, 6.45) is 0. The van der Waals surface area contributed by atoms with Crippen molar-refractivity contribution < 1.29 is 0 Å².